The van der Waals surface area contributed by atoms with Gasteiger partial charge in [0.2, 0.25) is 5.91 Å². The van der Waals surface area contributed by atoms with Gasteiger partial charge in [0, 0.05) is 31.9 Å². The molecule has 0 saturated carbocycles. The van der Waals surface area contributed by atoms with Gasteiger partial charge in [-0.15, -0.1) is 0 Å². The topological polar surface area (TPSA) is 50.2 Å². The van der Waals surface area contributed by atoms with Crippen molar-refractivity contribution in [2.24, 2.45) is 7.05 Å². The van der Waals surface area contributed by atoms with Gasteiger partial charge >= 0.3 is 0 Å². The highest BCUT2D eigenvalue weighted by Gasteiger charge is 2.24. The average molecular weight is 238 g/mol. The normalized spacial score (nSPS) is 12.5. The lowest BCUT2D eigenvalue weighted by molar-refractivity contribution is -0.133. The van der Waals surface area contributed by atoms with Gasteiger partial charge in [0.1, 0.15) is 6.04 Å². The van der Waals surface area contributed by atoms with Crippen LogP contribution in [0.4, 0.5) is 0 Å². The SMILES string of the molecule is CCCN(CC)C(=O)C(NC)c1cnn(C)c1. The molecule has 1 aromatic heterocycles. The van der Waals surface area contributed by atoms with Crippen LogP contribution in [0.3, 0.4) is 0 Å². The van der Waals surface area contributed by atoms with Crippen LogP contribution in [0.2, 0.25) is 0 Å². The first-order chi connectivity index (χ1) is 8.13. The maximum absolute atomic E-state index is 12.3. The number of nitrogens with one attached hydrogen (secondary N) is 1. The lowest BCUT2D eigenvalue weighted by Crippen LogP contribution is -2.40. The second kappa shape index (κ2) is 6.39. The minimum absolute atomic E-state index is 0.116. The summed E-state index contributed by atoms with van der Waals surface area (Å²) in [6.07, 6.45) is 4.58. The maximum atomic E-state index is 12.3. The van der Waals surface area contributed by atoms with E-state index in [1.165, 1.54) is 0 Å². The predicted molar refractivity (Wildman–Crippen MR) is 67.6 cm³/mol. The first-order valence-electron chi connectivity index (χ1n) is 6.08. The Morgan fingerprint density at radius 2 is 2.29 bits per heavy atom. The van der Waals surface area contributed by atoms with Crippen molar-refractivity contribution in [1.29, 1.82) is 0 Å². The molecule has 1 N–H and O–H groups in total. The molecule has 0 aliphatic heterocycles. The first kappa shape index (κ1) is 13.7. The molecule has 0 aromatic carbocycles. The van der Waals surface area contributed by atoms with Gasteiger partial charge in [-0.3, -0.25) is 9.48 Å². The number of nitrogens with zero attached hydrogens (tertiary/aromatic N) is 3. The van der Waals surface area contributed by atoms with Crippen LogP contribution in [0.15, 0.2) is 12.4 Å². The Hall–Kier alpha value is -1.36. The number of hydrogen-bond acceptors (Lipinski definition) is 3. The van der Waals surface area contributed by atoms with Gasteiger partial charge in [-0.25, -0.2) is 0 Å². The summed E-state index contributed by atoms with van der Waals surface area (Å²) < 4.78 is 1.71. The zero-order valence-electron chi connectivity index (χ0n) is 11.1. The lowest BCUT2D eigenvalue weighted by atomic mass is 10.1. The highest BCUT2D eigenvalue weighted by Crippen LogP contribution is 2.14. The standard InChI is InChI=1S/C12H22N4O/c1-5-7-16(6-2)12(17)11(13-3)10-8-14-15(4)9-10/h8-9,11,13H,5-7H2,1-4H3. The molecule has 5 nitrogen and oxygen atoms in total. The molecule has 17 heavy (non-hydrogen) atoms. The Morgan fingerprint density at radius 3 is 2.71 bits per heavy atom. The van der Waals surface area contributed by atoms with Crippen molar-refractivity contribution in [3.05, 3.63) is 18.0 Å². The monoisotopic (exact) mass is 238 g/mol. The van der Waals surface area contributed by atoms with Crippen LogP contribution in [-0.2, 0) is 11.8 Å². The second-order valence-corrected chi connectivity index (χ2v) is 4.09. The summed E-state index contributed by atoms with van der Waals surface area (Å²) in [4.78, 5) is 14.2. The van der Waals surface area contributed by atoms with Gasteiger partial charge in [0.15, 0.2) is 0 Å². The van der Waals surface area contributed by atoms with Gasteiger partial charge in [-0.2, -0.15) is 5.10 Å². The van der Waals surface area contributed by atoms with Crippen molar-refractivity contribution < 1.29 is 4.79 Å². The summed E-state index contributed by atoms with van der Waals surface area (Å²) in [5.41, 5.74) is 0.912. The number of carbonyl (C=O) groups excluding carboxylic acids is 1. The van der Waals surface area contributed by atoms with E-state index >= 15 is 0 Å². The van der Waals surface area contributed by atoms with Crippen molar-refractivity contribution in [3.8, 4) is 0 Å². The van der Waals surface area contributed by atoms with Crippen LogP contribution in [-0.4, -0.2) is 40.7 Å². The summed E-state index contributed by atoms with van der Waals surface area (Å²) in [6.45, 7) is 5.62. The van der Waals surface area contributed by atoms with Crippen LogP contribution in [0.1, 0.15) is 31.9 Å². The number of rotatable bonds is 6. The summed E-state index contributed by atoms with van der Waals surface area (Å²) >= 11 is 0. The van der Waals surface area contributed by atoms with Crippen molar-refractivity contribution in [1.82, 2.24) is 20.0 Å². The molecule has 5 heteroatoms. The van der Waals surface area contributed by atoms with E-state index in [1.807, 2.05) is 25.1 Å². The Morgan fingerprint density at radius 1 is 1.59 bits per heavy atom. The zero-order chi connectivity index (χ0) is 12.8. The molecule has 0 saturated heterocycles. The molecule has 0 bridgehead atoms. The maximum Gasteiger partial charge on any atom is 0.244 e. The molecule has 1 amide bonds. The molecule has 1 rings (SSSR count). The van der Waals surface area contributed by atoms with Crippen molar-refractivity contribution >= 4 is 5.91 Å². The van der Waals surface area contributed by atoms with E-state index in [0.717, 1.165) is 25.1 Å². The molecule has 96 valence electrons. The number of amides is 1. The Labute approximate surface area is 103 Å². The Balaban J connectivity index is 2.82. The summed E-state index contributed by atoms with van der Waals surface area (Å²) in [5.74, 6) is 0.116. The molecule has 0 spiro atoms. The molecule has 0 fully saturated rings. The van der Waals surface area contributed by atoms with E-state index in [0.29, 0.717) is 0 Å². The van der Waals surface area contributed by atoms with Crippen LogP contribution >= 0.6 is 0 Å². The molecule has 0 radical (unpaired) electrons. The zero-order valence-corrected chi connectivity index (χ0v) is 11.1. The smallest absolute Gasteiger partial charge is 0.244 e. The van der Waals surface area contributed by atoms with Crippen LogP contribution < -0.4 is 5.32 Å². The minimum Gasteiger partial charge on any atom is -0.341 e. The fraction of sp³-hybridized carbons (Fsp3) is 0.667. The third-order valence-corrected chi connectivity index (χ3v) is 2.78. The van der Waals surface area contributed by atoms with E-state index in [2.05, 4.69) is 17.3 Å². The van der Waals surface area contributed by atoms with Crippen LogP contribution in [0.5, 0.6) is 0 Å². The van der Waals surface area contributed by atoms with Crippen molar-refractivity contribution in [2.75, 3.05) is 20.1 Å². The van der Waals surface area contributed by atoms with E-state index in [1.54, 1.807) is 17.9 Å². The Bertz CT molecular complexity index is 361. The van der Waals surface area contributed by atoms with Gasteiger partial charge in [-0.1, -0.05) is 6.92 Å². The molecular weight excluding hydrogens is 216 g/mol. The third-order valence-electron chi connectivity index (χ3n) is 2.78. The van der Waals surface area contributed by atoms with E-state index in [-0.39, 0.29) is 11.9 Å². The number of carbonyl (C=O) groups is 1. The molecule has 1 atom stereocenters. The Kier molecular flexibility index (Phi) is 5.15. The summed E-state index contributed by atoms with van der Waals surface area (Å²) in [7, 11) is 3.65. The largest absolute Gasteiger partial charge is 0.341 e. The quantitative estimate of drug-likeness (QED) is 0.802. The highest BCUT2D eigenvalue weighted by atomic mass is 16.2. The average Bonchev–Trinajstić information content (AvgIpc) is 2.73. The second-order valence-electron chi connectivity index (χ2n) is 4.09. The number of aromatic nitrogens is 2. The molecule has 0 aliphatic carbocycles. The highest BCUT2D eigenvalue weighted by molar-refractivity contribution is 5.83. The predicted octanol–water partition coefficient (Wildman–Crippen LogP) is 0.939. The first-order valence-corrected chi connectivity index (χ1v) is 6.08. The third kappa shape index (κ3) is 3.30. The van der Waals surface area contributed by atoms with Crippen LogP contribution in [0, 0.1) is 0 Å². The molecule has 0 aliphatic rings. The molecule has 1 unspecified atom stereocenters. The van der Waals surface area contributed by atoms with Gasteiger partial charge in [0.25, 0.3) is 0 Å². The molecule has 1 aromatic rings. The van der Waals surface area contributed by atoms with Crippen molar-refractivity contribution in [2.45, 2.75) is 26.3 Å². The van der Waals surface area contributed by atoms with Crippen LogP contribution in [0.25, 0.3) is 0 Å². The molecule has 1 heterocycles. The number of likely N-dealkylation sites (N-methyl/N-ethyl adjacent to an activating group) is 2. The van der Waals surface area contributed by atoms with Gasteiger partial charge < -0.3 is 10.2 Å². The number of hydrogen-bond donors (Lipinski definition) is 1. The fourth-order valence-electron chi connectivity index (χ4n) is 1.90. The van der Waals surface area contributed by atoms with E-state index in [9.17, 15) is 4.79 Å². The van der Waals surface area contributed by atoms with Gasteiger partial charge in [0.05, 0.1) is 6.20 Å². The fourth-order valence-corrected chi connectivity index (χ4v) is 1.90. The van der Waals surface area contributed by atoms with E-state index in [4.69, 9.17) is 0 Å². The number of aryl methyl sites for hydroxylation is 1. The lowest BCUT2D eigenvalue weighted by Gasteiger charge is -2.25. The summed E-state index contributed by atoms with van der Waals surface area (Å²) in [5, 5.41) is 7.17. The summed E-state index contributed by atoms with van der Waals surface area (Å²) in [6, 6.07) is -0.296. The van der Waals surface area contributed by atoms with Gasteiger partial charge in [-0.05, 0) is 20.4 Å². The van der Waals surface area contributed by atoms with E-state index < -0.39 is 0 Å². The minimum atomic E-state index is -0.296. The van der Waals surface area contributed by atoms with Crippen molar-refractivity contribution in [3.63, 3.8) is 0 Å². The molecular formula is C12H22N4O.